The van der Waals surface area contributed by atoms with Crippen molar-refractivity contribution in [1.29, 1.82) is 0 Å². The molecule has 1 saturated carbocycles. The van der Waals surface area contributed by atoms with E-state index in [1.165, 1.54) is 6.20 Å². The number of carboxylic acid groups (broad SMARTS) is 1. The van der Waals surface area contributed by atoms with Crippen LogP contribution >= 0.6 is 0 Å². The lowest BCUT2D eigenvalue weighted by molar-refractivity contribution is 0.0697. The molecule has 1 aromatic carbocycles. The second-order valence-electron chi connectivity index (χ2n) is 4.91. The maximum Gasteiger partial charge on any atom is 0.341 e. The van der Waals surface area contributed by atoms with Crippen molar-refractivity contribution >= 4 is 11.8 Å². The van der Waals surface area contributed by atoms with Crippen molar-refractivity contribution in [3.8, 4) is 17.1 Å². The summed E-state index contributed by atoms with van der Waals surface area (Å²) in [6, 6.07) is 7.64. The molecule has 0 radical (unpaired) electrons. The van der Waals surface area contributed by atoms with Crippen LogP contribution in [0.3, 0.4) is 0 Å². The average Bonchev–Trinajstić information content (AvgIpc) is 3.31. The molecule has 21 heavy (non-hydrogen) atoms. The summed E-state index contributed by atoms with van der Waals surface area (Å²) in [4.78, 5) is 19.7. The summed E-state index contributed by atoms with van der Waals surface area (Å²) in [6.07, 6.45) is 3.43. The monoisotopic (exact) mass is 285 g/mol. The molecule has 0 atom stereocenters. The maximum atomic E-state index is 11.2. The van der Waals surface area contributed by atoms with Gasteiger partial charge in [0.25, 0.3) is 0 Å². The lowest BCUT2D eigenvalue weighted by Gasteiger charge is -2.09. The Morgan fingerprint density at radius 2 is 2.05 bits per heavy atom. The van der Waals surface area contributed by atoms with Gasteiger partial charge in [-0.1, -0.05) is 0 Å². The highest BCUT2D eigenvalue weighted by molar-refractivity contribution is 5.93. The lowest BCUT2D eigenvalue weighted by atomic mass is 10.2. The minimum Gasteiger partial charge on any atom is -0.497 e. The predicted octanol–water partition coefficient (Wildman–Crippen LogP) is 2.42. The third kappa shape index (κ3) is 2.94. The molecule has 0 amide bonds. The molecule has 2 N–H and O–H groups in total. The van der Waals surface area contributed by atoms with E-state index in [0.29, 0.717) is 17.7 Å². The molecule has 6 heteroatoms. The molecule has 6 nitrogen and oxygen atoms in total. The number of methoxy groups -OCH3 is 1. The molecule has 3 rings (SSSR count). The van der Waals surface area contributed by atoms with Crippen LogP contribution in [0.4, 0.5) is 5.82 Å². The molecule has 1 aliphatic carbocycles. The van der Waals surface area contributed by atoms with Crippen LogP contribution in [0.5, 0.6) is 5.75 Å². The van der Waals surface area contributed by atoms with Crippen LogP contribution in [-0.2, 0) is 0 Å². The van der Waals surface area contributed by atoms with Gasteiger partial charge in [0.2, 0.25) is 0 Å². The zero-order valence-corrected chi connectivity index (χ0v) is 11.5. The Morgan fingerprint density at radius 3 is 2.62 bits per heavy atom. The van der Waals surface area contributed by atoms with E-state index in [2.05, 4.69) is 15.3 Å². The SMILES string of the molecule is COc1ccc(-c2ncc(C(=O)O)c(NC3CC3)n2)cc1. The van der Waals surface area contributed by atoms with Crippen LogP contribution in [0.1, 0.15) is 23.2 Å². The number of hydrogen-bond acceptors (Lipinski definition) is 5. The van der Waals surface area contributed by atoms with Crippen molar-refractivity contribution in [3.05, 3.63) is 36.0 Å². The summed E-state index contributed by atoms with van der Waals surface area (Å²) in [5.41, 5.74) is 0.908. The molecule has 0 spiro atoms. The van der Waals surface area contributed by atoms with Crippen LogP contribution in [0, 0.1) is 0 Å². The average molecular weight is 285 g/mol. The van der Waals surface area contributed by atoms with Crippen molar-refractivity contribution < 1.29 is 14.6 Å². The number of ether oxygens (including phenoxy) is 1. The first-order chi connectivity index (χ1) is 10.2. The molecule has 0 bridgehead atoms. The van der Waals surface area contributed by atoms with Crippen LogP contribution in [0.25, 0.3) is 11.4 Å². The molecule has 2 aromatic rings. The number of rotatable bonds is 5. The molecule has 1 fully saturated rings. The molecular weight excluding hydrogens is 270 g/mol. The van der Waals surface area contributed by atoms with Gasteiger partial charge in [0.15, 0.2) is 5.82 Å². The fourth-order valence-electron chi connectivity index (χ4n) is 1.95. The Balaban J connectivity index is 1.95. The van der Waals surface area contributed by atoms with Crippen molar-refractivity contribution in [1.82, 2.24) is 9.97 Å². The molecule has 0 saturated heterocycles. The van der Waals surface area contributed by atoms with E-state index >= 15 is 0 Å². The van der Waals surface area contributed by atoms with E-state index in [1.54, 1.807) is 7.11 Å². The normalized spacial score (nSPS) is 13.8. The fourth-order valence-corrected chi connectivity index (χ4v) is 1.95. The van der Waals surface area contributed by atoms with Gasteiger partial charge >= 0.3 is 5.97 Å². The van der Waals surface area contributed by atoms with E-state index in [-0.39, 0.29) is 5.56 Å². The first-order valence-electron chi connectivity index (χ1n) is 6.68. The first kappa shape index (κ1) is 13.4. The van der Waals surface area contributed by atoms with E-state index in [1.807, 2.05) is 24.3 Å². The number of aromatic nitrogens is 2. The summed E-state index contributed by atoms with van der Waals surface area (Å²) < 4.78 is 5.11. The smallest absolute Gasteiger partial charge is 0.341 e. The Bertz CT molecular complexity index is 666. The number of nitrogens with one attached hydrogen (secondary N) is 1. The highest BCUT2D eigenvalue weighted by atomic mass is 16.5. The van der Waals surface area contributed by atoms with Gasteiger partial charge in [-0.15, -0.1) is 0 Å². The van der Waals surface area contributed by atoms with Gasteiger partial charge in [0.1, 0.15) is 17.1 Å². The molecule has 1 aromatic heterocycles. The second kappa shape index (κ2) is 5.40. The second-order valence-corrected chi connectivity index (χ2v) is 4.91. The molecule has 1 heterocycles. The van der Waals surface area contributed by atoms with Gasteiger partial charge in [-0.2, -0.15) is 0 Å². The Labute approximate surface area is 121 Å². The lowest BCUT2D eigenvalue weighted by Crippen LogP contribution is -2.11. The minimum atomic E-state index is -1.03. The van der Waals surface area contributed by atoms with Crippen LogP contribution in [0.15, 0.2) is 30.5 Å². The fraction of sp³-hybridized carbons (Fsp3) is 0.267. The first-order valence-corrected chi connectivity index (χ1v) is 6.68. The Morgan fingerprint density at radius 1 is 1.33 bits per heavy atom. The van der Waals surface area contributed by atoms with Crippen molar-refractivity contribution in [2.45, 2.75) is 18.9 Å². The zero-order valence-electron chi connectivity index (χ0n) is 11.5. The van der Waals surface area contributed by atoms with Crippen molar-refractivity contribution in [2.75, 3.05) is 12.4 Å². The van der Waals surface area contributed by atoms with Crippen LogP contribution in [-0.4, -0.2) is 34.2 Å². The van der Waals surface area contributed by atoms with E-state index in [0.717, 1.165) is 24.2 Å². The van der Waals surface area contributed by atoms with Gasteiger partial charge in [-0.3, -0.25) is 0 Å². The number of carbonyl (C=O) groups is 1. The van der Waals surface area contributed by atoms with Crippen LogP contribution < -0.4 is 10.1 Å². The number of carboxylic acids is 1. The highest BCUT2D eigenvalue weighted by Gasteiger charge is 2.24. The summed E-state index contributed by atoms with van der Waals surface area (Å²) in [5, 5.41) is 12.3. The third-order valence-corrected chi connectivity index (χ3v) is 3.29. The summed E-state index contributed by atoms with van der Waals surface area (Å²) >= 11 is 0. The quantitative estimate of drug-likeness (QED) is 0.877. The van der Waals surface area contributed by atoms with Gasteiger partial charge in [0, 0.05) is 17.8 Å². The van der Waals surface area contributed by atoms with Crippen molar-refractivity contribution in [2.24, 2.45) is 0 Å². The van der Waals surface area contributed by atoms with Crippen molar-refractivity contribution in [3.63, 3.8) is 0 Å². The molecular formula is C15H15N3O3. The standard InChI is InChI=1S/C15H15N3O3/c1-21-11-6-2-9(3-7-11)13-16-8-12(15(19)20)14(18-13)17-10-4-5-10/h2-3,6-8,10H,4-5H2,1H3,(H,19,20)(H,16,17,18). The number of aromatic carboxylic acids is 1. The number of anilines is 1. The molecule has 0 aliphatic heterocycles. The summed E-state index contributed by atoms with van der Waals surface area (Å²) in [6.45, 7) is 0. The van der Waals surface area contributed by atoms with Crippen LogP contribution in [0.2, 0.25) is 0 Å². The van der Waals surface area contributed by atoms with Gasteiger partial charge in [-0.25, -0.2) is 14.8 Å². The zero-order chi connectivity index (χ0) is 14.8. The van der Waals surface area contributed by atoms with E-state index < -0.39 is 5.97 Å². The number of nitrogens with zero attached hydrogens (tertiary/aromatic N) is 2. The molecule has 108 valence electrons. The van der Waals surface area contributed by atoms with Gasteiger partial charge < -0.3 is 15.2 Å². The third-order valence-electron chi connectivity index (χ3n) is 3.29. The Kier molecular flexibility index (Phi) is 3.43. The topological polar surface area (TPSA) is 84.3 Å². The summed E-state index contributed by atoms with van der Waals surface area (Å²) in [7, 11) is 1.60. The summed E-state index contributed by atoms with van der Waals surface area (Å²) in [5.74, 6) is 0.591. The van der Waals surface area contributed by atoms with E-state index in [4.69, 9.17) is 4.74 Å². The molecule has 1 aliphatic rings. The predicted molar refractivity (Wildman–Crippen MR) is 77.6 cm³/mol. The van der Waals surface area contributed by atoms with E-state index in [9.17, 15) is 9.90 Å². The minimum absolute atomic E-state index is 0.0964. The molecule has 0 unspecified atom stereocenters. The largest absolute Gasteiger partial charge is 0.497 e. The Hall–Kier alpha value is -2.63. The maximum absolute atomic E-state index is 11.2. The van der Waals surface area contributed by atoms with Gasteiger partial charge in [-0.05, 0) is 37.1 Å². The number of hydrogen-bond donors (Lipinski definition) is 2. The number of benzene rings is 1. The van der Waals surface area contributed by atoms with Gasteiger partial charge in [0.05, 0.1) is 7.11 Å². The highest BCUT2D eigenvalue weighted by Crippen LogP contribution is 2.27.